The number of anilines is 1. The van der Waals surface area contributed by atoms with Crippen molar-refractivity contribution in [3.63, 3.8) is 0 Å². The molecule has 0 radical (unpaired) electrons. The molecule has 0 heterocycles. The molecule has 9 heteroatoms. The van der Waals surface area contributed by atoms with E-state index in [0.717, 1.165) is 16.1 Å². The topological polar surface area (TPSA) is 84.9 Å². The molecule has 2 aromatic carbocycles. The van der Waals surface area contributed by atoms with Gasteiger partial charge in [-0.3, -0.25) is 9.10 Å². The second-order valence-corrected chi connectivity index (χ2v) is 9.55. The van der Waals surface area contributed by atoms with Crippen LogP contribution in [0.15, 0.2) is 36.4 Å². The summed E-state index contributed by atoms with van der Waals surface area (Å²) in [5.41, 5.74) is 1.79. The molecule has 2 rings (SSSR count). The van der Waals surface area contributed by atoms with Crippen LogP contribution in [-0.4, -0.2) is 40.8 Å². The first kappa shape index (κ1) is 24.8. The van der Waals surface area contributed by atoms with Gasteiger partial charge in [0.2, 0.25) is 15.9 Å². The van der Waals surface area contributed by atoms with Gasteiger partial charge in [-0.15, -0.1) is 0 Å². The van der Waals surface area contributed by atoms with Crippen LogP contribution in [0.3, 0.4) is 0 Å². The quantitative estimate of drug-likeness (QED) is 0.599. The molecule has 0 aromatic heterocycles. The standard InChI is InChI=1S/C22H29ClN2O5S/c1-7-19(25(31(6,27)28)20-12-16(23)9-8-14(20)2)22(26)24-15(3)18-13-17(29-4)10-11-21(18)30-5/h8-13,15,19H,7H2,1-6H3,(H,24,26)/t15-,19+/m0/s1. The molecule has 0 aliphatic carbocycles. The summed E-state index contributed by atoms with van der Waals surface area (Å²) in [6.45, 7) is 5.34. The van der Waals surface area contributed by atoms with Crippen LogP contribution in [0.2, 0.25) is 5.02 Å². The van der Waals surface area contributed by atoms with Crippen molar-refractivity contribution in [2.24, 2.45) is 0 Å². The van der Waals surface area contributed by atoms with Gasteiger partial charge in [-0.1, -0.05) is 24.6 Å². The van der Waals surface area contributed by atoms with E-state index in [-0.39, 0.29) is 6.42 Å². The Balaban J connectivity index is 2.42. The summed E-state index contributed by atoms with van der Waals surface area (Å²) in [6, 6.07) is 8.86. The van der Waals surface area contributed by atoms with Crippen molar-refractivity contribution in [1.82, 2.24) is 5.32 Å². The van der Waals surface area contributed by atoms with Crippen LogP contribution < -0.4 is 19.1 Å². The summed E-state index contributed by atoms with van der Waals surface area (Å²) < 4.78 is 37.2. The van der Waals surface area contributed by atoms with Crippen LogP contribution in [0.5, 0.6) is 11.5 Å². The number of aryl methyl sites for hydroxylation is 1. The van der Waals surface area contributed by atoms with Gasteiger partial charge in [0.25, 0.3) is 0 Å². The number of ether oxygens (including phenoxy) is 2. The van der Waals surface area contributed by atoms with E-state index in [1.54, 1.807) is 71.4 Å². The Morgan fingerprint density at radius 1 is 1.16 bits per heavy atom. The summed E-state index contributed by atoms with van der Waals surface area (Å²) in [7, 11) is -0.670. The second kappa shape index (κ2) is 10.2. The first-order valence-corrected chi connectivity index (χ1v) is 12.0. The predicted molar refractivity (Wildman–Crippen MR) is 124 cm³/mol. The highest BCUT2D eigenvalue weighted by atomic mass is 35.5. The number of carbonyl (C=O) groups is 1. The lowest BCUT2D eigenvalue weighted by atomic mass is 10.1. The van der Waals surface area contributed by atoms with Crippen LogP contribution >= 0.6 is 11.6 Å². The molecular formula is C22H29ClN2O5S. The first-order valence-electron chi connectivity index (χ1n) is 9.81. The van der Waals surface area contributed by atoms with E-state index in [4.69, 9.17) is 21.1 Å². The molecule has 2 aromatic rings. The highest BCUT2D eigenvalue weighted by molar-refractivity contribution is 7.92. The average Bonchev–Trinajstić information content (AvgIpc) is 2.72. The van der Waals surface area contributed by atoms with Gasteiger partial charge < -0.3 is 14.8 Å². The normalized spacial score (nSPS) is 13.3. The Labute approximate surface area is 189 Å². The van der Waals surface area contributed by atoms with E-state index in [9.17, 15) is 13.2 Å². The Kier molecular flexibility index (Phi) is 8.20. The molecule has 0 fully saturated rings. The van der Waals surface area contributed by atoms with Crippen LogP contribution in [-0.2, 0) is 14.8 Å². The van der Waals surface area contributed by atoms with E-state index in [0.29, 0.717) is 27.8 Å². The molecule has 0 spiro atoms. The maximum Gasteiger partial charge on any atom is 0.244 e. The Morgan fingerprint density at radius 2 is 1.84 bits per heavy atom. The molecular weight excluding hydrogens is 440 g/mol. The molecule has 1 N–H and O–H groups in total. The van der Waals surface area contributed by atoms with Gasteiger partial charge in [0.05, 0.1) is 32.2 Å². The second-order valence-electron chi connectivity index (χ2n) is 7.25. The Bertz CT molecular complexity index is 1040. The number of hydrogen-bond acceptors (Lipinski definition) is 5. The van der Waals surface area contributed by atoms with Gasteiger partial charge in [-0.05, 0) is 56.2 Å². The number of nitrogens with one attached hydrogen (secondary N) is 1. The van der Waals surface area contributed by atoms with Crippen molar-refractivity contribution in [3.8, 4) is 11.5 Å². The molecule has 0 aliphatic heterocycles. The number of benzene rings is 2. The predicted octanol–water partition coefficient (Wildman–Crippen LogP) is 4.09. The fraction of sp³-hybridized carbons (Fsp3) is 0.409. The number of amides is 1. The Morgan fingerprint density at radius 3 is 2.39 bits per heavy atom. The highest BCUT2D eigenvalue weighted by Gasteiger charge is 2.33. The average molecular weight is 469 g/mol. The molecule has 7 nitrogen and oxygen atoms in total. The maximum atomic E-state index is 13.2. The molecule has 0 unspecified atom stereocenters. The third-order valence-corrected chi connectivity index (χ3v) is 6.40. The van der Waals surface area contributed by atoms with Gasteiger partial charge in [-0.25, -0.2) is 8.42 Å². The van der Waals surface area contributed by atoms with E-state index in [1.807, 2.05) is 0 Å². The largest absolute Gasteiger partial charge is 0.497 e. The third-order valence-electron chi connectivity index (χ3n) is 5.00. The van der Waals surface area contributed by atoms with E-state index in [2.05, 4.69) is 5.32 Å². The third kappa shape index (κ3) is 5.83. The zero-order valence-electron chi connectivity index (χ0n) is 18.6. The maximum absolute atomic E-state index is 13.2. The fourth-order valence-electron chi connectivity index (χ4n) is 3.42. The molecule has 0 saturated heterocycles. The van der Waals surface area contributed by atoms with Crippen molar-refractivity contribution in [1.29, 1.82) is 0 Å². The summed E-state index contributed by atoms with van der Waals surface area (Å²) in [6.07, 6.45) is 1.35. The van der Waals surface area contributed by atoms with Gasteiger partial charge in [0.15, 0.2) is 0 Å². The number of methoxy groups -OCH3 is 2. The molecule has 0 aliphatic rings. The van der Waals surface area contributed by atoms with Crippen LogP contribution in [0.25, 0.3) is 0 Å². The van der Waals surface area contributed by atoms with E-state index >= 15 is 0 Å². The summed E-state index contributed by atoms with van der Waals surface area (Å²) in [5.74, 6) is 0.785. The lowest BCUT2D eigenvalue weighted by molar-refractivity contribution is -0.122. The molecule has 1 amide bonds. The van der Waals surface area contributed by atoms with Crippen LogP contribution in [0, 0.1) is 6.92 Å². The van der Waals surface area contributed by atoms with Crippen molar-refractivity contribution in [2.45, 2.75) is 39.3 Å². The first-order chi connectivity index (χ1) is 14.5. The number of sulfonamides is 1. The smallest absolute Gasteiger partial charge is 0.244 e. The zero-order chi connectivity index (χ0) is 23.3. The lowest BCUT2D eigenvalue weighted by Crippen LogP contribution is -2.50. The van der Waals surface area contributed by atoms with Crippen molar-refractivity contribution < 1.29 is 22.7 Å². The van der Waals surface area contributed by atoms with Gasteiger partial charge in [0.1, 0.15) is 17.5 Å². The number of halogens is 1. The van der Waals surface area contributed by atoms with Crippen molar-refractivity contribution in [3.05, 3.63) is 52.5 Å². The molecule has 0 saturated carbocycles. The van der Waals surface area contributed by atoms with Crippen molar-refractivity contribution >= 4 is 33.2 Å². The number of nitrogens with zero attached hydrogens (tertiary/aromatic N) is 1. The van der Waals surface area contributed by atoms with Crippen LogP contribution in [0.4, 0.5) is 5.69 Å². The van der Waals surface area contributed by atoms with Crippen LogP contribution in [0.1, 0.15) is 37.4 Å². The SMILES string of the molecule is CC[C@H](C(=O)N[C@@H](C)c1cc(OC)ccc1OC)N(c1cc(Cl)ccc1C)S(C)(=O)=O. The monoisotopic (exact) mass is 468 g/mol. The van der Waals surface area contributed by atoms with E-state index < -0.39 is 28.0 Å². The summed E-state index contributed by atoms with van der Waals surface area (Å²) >= 11 is 6.12. The fourth-order valence-corrected chi connectivity index (χ4v) is 4.85. The summed E-state index contributed by atoms with van der Waals surface area (Å²) in [5, 5.41) is 3.30. The zero-order valence-corrected chi connectivity index (χ0v) is 20.2. The Hall–Kier alpha value is -2.45. The number of carbonyl (C=O) groups excluding carboxylic acids is 1. The molecule has 0 bridgehead atoms. The minimum atomic E-state index is -3.77. The summed E-state index contributed by atoms with van der Waals surface area (Å²) in [4.78, 5) is 13.2. The minimum Gasteiger partial charge on any atom is -0.497 e. The number of rotatable bonds is 9. The molecule has 170 valence electrons. The van der Waals surface area contributed by atoms with Gasteiger partial charge >= 0.3 is 0 Å². The lowest BCUT2D eigenvalue weighted by Gasteiger charge is -2.32. The molecule has 2 atom stereocenters. The van der Waals surface area contributed by atoms with Gasteiger partial charge in [-0.2, -0.15) is 0 Å². The van der Waals surface area contributed by atoms with E-state index in [1.165, 1.54) is 0 Å². The van der Waals surface area contributed by atoms with Crippen molar-refractivity contribution in [2.75, 3.05) is 24.8 Å². The van der Waals surface area contributed by atoms with Gasteiger partial charge in [0, 0.05) is 10.6 Å². The highest BCUT2D eigenvalue weighted by Crippen LogP contribution is 2.31. The minimum absolute atomic E-state index is 0.271. The molecule has 31 heavy (non-hydrogen) atoms. The number of hydrogen-bond donors (Lipinski definition) is 1.